The third-order valence-corrected chi connectivity index (χ3v) is 4.06. The molecule has 2 aromatic rings. The third kappa shape index (κ3) is 5.26. The van der Waals surface area contributed by atoms with Crippen LogP contribution in [0.2, 0.25) is 5.02 Å². The lowest BCUT2D eigenvalue weighted by molar-refractivity contribution is 0.0952. The summed E-state index contributed by atoms with van der Waals surface area (Å²) in [5.74, 6) is 1.99. The fourth-order valence-electron chi connectivity index (χ4n) is 2.31. The van der Waals surface area contributed by atoms with Gasteiger partial charge >= 0.3 is 0 Å². The summed E-state index contributed by atoms with van der Waals surface area (Å²) in [6, 6.07) is 6.74. The number of ether oxygens (including phenoxy) is 2. The first-order chi connectivity index (χ1) is 12.4. The van der Waals surface area contributed by atoms with Crippen molar-refractivity contribution in [3.05, 3.63) is 41.0 Å². The van der Waals surface area contributed by atoms with Crippen LogP contribution in [0, 0.1) is 5.92 Å². The molecule has 0 radical (unpaired) electrons. The Kier molecular flexibility index (Phi) is 7.09. The van der Waals surface area contributed by atoms with Crippen LogP contribution in [0.15, 0.2) is 30.5 Å². The lowest BCUT2D eigenvalue weighted by Gasteiger charge is -2.14. The van der Waals surface area contributed by atoms with Gasteiger partial charge in [0.05, 0.1) is 24.9 Å². The maximum Gasteiger partial charge on any atom is 0.251 e. The molecule has 0 saturated heterocycles. The van der Waals surface area contributed by atoms with E-state index in [2.05, 4.69) is 29.5 Å². The highest BCUT2D eigenvalue weighted by molar-refractivity contribution is 6.32. The van der Waals surface area contributed by atoms with Crippen molar-refractivity contribution in [2.45, 2.75) is 20.3 Å². The Morgan fingerprint density at radius 3 is 2.58 bits per heavy atom. The fraction of sp³-hybridized carbons (Fsp3) is 0.368. The van der Waals surface area contributed by atoms with Gasteiger partial charge in [0.25, 0.3) is 5.91 Å². The molecule has 1 aromatic heterocycles. The van der Waals surface area contributed by atoms with E-state index in [0.717, 1.165) is 6.42 Å². The number of carbonyl (C=O) groups excluding carboxylic acids is 1. The number of anilines is 2. The first kappa shape index (κ1) is 19.8. The number of halogens is 1. The number of hydrogen-bond acceptors (Lipinski definition) is 5. The number of aromatic nitrogens is 1. The Morgan fingerprint density at radius 2 is 1.92 bits per heavy atom. The zero-order valence-electron chi connectivity index (χ0n) is 15.4. The SMILES string of the molecule is COc1cc(Nc2cc(C(=O)NCCC(C)C)ccn2)c(OC)cc1Cl. The van der Waals surface area contributed by atoms with E-state index in [1.807, 2.05) is 0 Å². The van der Waals surface area contributed by atoms with Crippen LogP contribution in [0.5, 0.6) is 11.5 Å². The normalized spacial score (nSPS) is 10.5. The Labute approximate surface area is 158 Å². The number of rotatable bonds is 8. The van der Waals surface area contributed by atoms with Crippen molar-refractivity contribution in [2.75, 3.05) is 26.1 Å². The van der Waals surface area contributed by atoms with E-state index in [-0.39, 0.29) is 5.91 Å². The van der Waals surface area contributed by atoms with Gasteiger partial charge in [-0.2, -0.15) is 0 Å². The van der Waals surface area contributed by atoms with Gasteiger partial charge in [-0.05, 0) is 24.5 Å². The second-order valence-corrected chi connectivity index (χ2v) is 6.59. The molecular formula is C19H24ClN3O3. The van der Waals surface area contributed by atoms with E-state index in [0.29, 0.717) is 46.1 Å². The number of amides is 1. The van der Waals surface area contributed by atoms with Crippen LogP contribution in [0.1, 0.15) is 30.6 Å². The quantitative estimate of drug-likeness (QED) is 0.718. The molecule has 7 heteroatoms. The van der Waals surface area contributed by atoms with Crippen molar-refractivity contribution < 1.29 is 14.3 Å². The molecule has 26 heavy (non-hydrogen) atoms. The van der Waals surface area contributed by atoms with Gasteiger partial charge in [0.2, 0.25) is 0 Å². The van der Waals surface area contributed by atoms with Crippen LogP contribution in [-0.2, 0) is 0 Å². The summed E-state index contributed by atoms with van der Waals surface area (Å²) in [6.07, 6.45) is 2.52. The molecule has 1 heterocycles. The number of nitrogens with one attached hydrogen (secondary N) is 2. The van der Waals surface area contributed by atoms with Crippen molar-refractivity contribution in [3.8, 4) is 11.5 Å². The predicted octanol–water partition coefficient (Wildman–Crippen LogP) is 4.27. The molecule has 0 unspecified atom stereocenters. The van der Waals surface area contributed by atoms with Crippen LogP contribution in [-0.4, -0.2) is 31.7 Å². The van der Waals surface area contributed by atoms with Crippen LogP contribution >= 0.6 is 11.6 Å². The van der Waals surface area contributed by atoms with Gasteiger partial charge in [-0.15, -0.1) is 0 Å². The first-order valence-corrected chi connectivity index (χ1v) is 8.75. The summed E-state index contributed by atoms with van der Waals surface area (Å²) in [6.45, 7) is 4.88. The summed E-state index contributed by atoms with van der Waals surface area (Å²) in [4.78, 5) is 16.5. The van der Waals surface area contributed by atoms with Crippen LogP contribution < -0.4 is 20.1 Å². The number of hydrogen-bond donors (Lipinski definition) is 2. The summed E-state index contributed by atoms with van der Waals surface area (Å²) >= 11 is 6.12. The van der Waals surface area contributed by atoms with Crippen molar-refractivity contribution in [1.29, 1.82) is 0 Å². The Bertz CT molecular complexity index is 766. The van der Waals surface area contributed by atoms with Gasteiger partial charge in [0, 0.05) is 30.4 Å². The van der Waals surface area contributed by atoms with Gasteiger partial charge in [0.15, 0.2) is 0 Å². The zero-order chi connectivity index (χ0) is 19.1. The number of benzene rings is 1. The van der Waals surface area contributed by atoms with Gasteiger partial charge in [-0.3, -0.25) is 4.79 Å². The highest BCUT2D eigenvalue weighted by atomic mass is 35.5. The third-order valence-electron chi connectivity index (χ3n) is 3.77. The Hall–Kier alpha value is -2.47. The standard InChI is InChI=1S/C19H24ClN3O3/c1-12(2)5-7-22-19(24)13-6-8-21-18(9-13)23-15-11-16(25-3)14(20)10-17(15)26-4/h6,8-12H,5,7H2,1-4H3,(H,21,23)(H,22,24). The molecule has 0 fully saturated rings. The van der Waals surface area contributed by atoms with Crippen LogP contribution in [0.4, 0.5) is 11.5 Å². The predicted molar refractivity (Wildman–Crippen MR) is 104 cm³/mol. The lowest BCUT2D eigenvalue weighted by atomic mass is 10.1. The molecule has 1 amide bonds. The zero-order valence-corrected chi connectivity index (χ0v) is 16.2. The van der Waals surface area contributed by atoms with E-state index >= 15 is 0 Å². The molecule has 0 aliphatic carbocycles. The molecule has 0 spiro atoms. The van der Waals surface area contributed by atoms with Crippen molar-refractivity contribution in [3.63, 3.8) is 0 Å². The number of carbonyl (C=O) groups is 1. The Morgan fingerprint density at radius 1 is 1.19 bits per heavy atom. The summed E-state index contributed by atoms with van der Waals surface area (Å²) in [5.41, 5.74) is 1.17. The molecule has 1 aromatic carbocycles. The molecule has 0 aliphatic heterocycles. The summed E-state index contributed by atoms with van der Waals surface area (Å²) < 4.78 is 10.6. The minimum absolute atomic E-state index is 0.128. The molecule has 0 atom stereocenters. The minimum Gasteiger partial charge on any atom is -0.495 e. The van der Waals surface area contributed by atoms with Crippen LogP contribution in [0.25, 0.3) is 0 Å². The fourth-order valence-corrected chi connectivity index (χ4v) is 2.54. The van der Waals surface area contributed by atoms with E-state index in [1.165, 1.54) is 7.11 Å². The smallest absolute Gasteiger partial charge is 0.251 e. The van der Waals surface area contributed by atoms with E-state index < -0.39 is 0 Å². The maximum atomic E-state index is 12.3. The lowest BCUT2D eigenvalue weighted by Crippen LogP contribution is -2.25. The number of nitrogens with zero attached hydrogens (tertiary/aromatic N) is 1. The molecular weight excluding hydrogens is 354 g/mol. The average molecular weight is 378 g/mol. The summed E-state index contributed by atoms with van der Waals surface area (Å²) in [5, 5.41) is 6.50. The molecule has 140 valence electrons. The maximum absolute atomic E-state index is 12.3. The van der Waals surface area contributed by atoms with E-state index in [9.17, 15) is 4.79 Å². The molecule has 2 rings (SSSR count). The average Bonchev–Trinajstić information content (AvgIpc) is 2.62. The molecule has 6 nitrogen and oxygen atoms in total. The van der Waals surface area contributed by atoms with Gasteiger partial charge < -0.3 is 20.1 Å². The second-order valence-electron chi connectivity index (χ2n) is 6.18. The van der Waals surface area contributed by atoms with E-state index in [4.69, 9.17) is 21.1 Å². The monoisotopic (exact) mass is 377 g/mol. The highest BCUT2D eigenvalue weighted by Gasteiger charge is 2.12. The first-order valence-electron chi connectivity index (χ1n) is 8.37. The second kappa shape index (κ2) is 9.29. The van der Waals surface area contributed by atoms with Gasteiger partial charge in [-0.25, -0.2) is 4.98 Å². The van der Waals surface area contributed by atoms with Crippen LogP contribution in [0.3, 0.4) is 0 Å². The topological polar surface area (TPSA) is 72.5 Å². The molecule has 0 aliphatic rings. The van der Waals surface area contributed by atoms with Gasteiger partial charge in [-0.1, -0.05) is 25.4 Å². The molecule has 0 saturated carbocycles. The molecule has 2 N–H and O–H groups in total. The largest absolute Gasteiger partial charge is 0.495 e. The Balaban J connectivity index is 2.17. The highest BCUT2D eigenvalue weighted by Crippen LogP contribution is 2.37. The van der Waals surface area contributed by atoms with Gasteiger partial charge in [0.1, 0.15) is 17.3 Å². The number of pyridine rings is 1. The van der Waals surface area contributed by atoms with Crippen molar-refractivity contribution in [2.24, 2.45) is 5.92 Å². The van der Waals surface area contributed by atoms with Crippen molar-refractivity contribution >= 4 is 29.0 Å². The minimum atomic E-state index is -0.128. The summed E-state index contributed by atoms with van der Waals surface area (Å²) in [7, 11) is 3.09. The van der Waals surface area contributed by atoms with E-state index in [1.54, 1.807) is 37.6 Å². The molecule has 0 bridgehead atoms. The van der Waals surface area contributed by atoms with Crippen molar-refractivity contribution in [1.82, 2.24) is 10.3 Å². The number of methoxy groups -OCH3 is 2.